The second kappa shape index (κ2) is 6.96. The highest BCUT2D eigenvalue weighted by Gasteiger charge is 2.15. The number of halogens is 2. The predicted molar refractivity (Wildman–Crippen MR) is 65.3 cm³/mol. The van der Waals surface area contributed by atoms with Gasteiger partial charge in [0, 0.05) is 25.3 Å². The number of benzene rings is 1. The molecule has 3 nitrogen and oxygen atoms in total. The third-order valence-electron chi connectivity index (χ3n) is 2.40. The van der Waals surface area contributed by atoms with Crippen LogP contribution < -0.4 is 11.3 Å². The highest BCUT2D eigenvalue weighted by molar-refractivity contribution is 9.10. The first-order chi connectivity index (χ1) is 7.70. The minimum Gasteiger partial charge on any atom is -0.385 e. The maximum absolute atomic E-state index is 13.8. The molecule has 0 aliphatic rings. The lowest BCUT2D eigenvalue weighted by Gasteiger charge is -2.17. The second-order valence-corrected chi connectivity index (χ2v) is 4.35. The van der Waals surface area contributed by atoms with Crippen LogP contribution in [-0.4, -0.2) is 13.7 Å². The Morgan fingerprint density at radius 1 is 1.56 bits per heavy atom. The van der Waals surface area contributed by atoms with Gasteiger partial charge in [-0.3, -0.25) is 11.3 Å². The molecule has 0 bridgehead atoms. The Morgan fingerprint density at radius 3 is 2.94 bits per heavy atom. The van der Waals surface area contributed by atoms with Gasteiger partial charge in [-0.05, 0) is 34.8 Å². The quantitative estimate of drug-likeness (QED) is 0.481. The first-order valence-electron chi connectivity index (χ1n) is 5.09. The van der Waals surface area contributed by atoms with Crippen molar-refractivity contribution in [3.05, 3.63) is 34.1 Å². The van der Waals surface area contributed by atoms with Crippen LogP contribution in [0, 0.1) is 5.82 Å². The summed E-state index contributed by atoms with van der Waals surface area (Å²) in [5.74, 6) is 5.17. The summed E-state index contributed by atoms with van der Waals surface area (Å²) >= 11 is 3.16. The number of hydrogen-bond acceptors (Lipinski definition) is 3. The number of nitrogens with two attached hydrogens (primary N) is 1. The van der Waals surface area contributed by atoms with Gasteiger partial charge < -0.3 is 4.74 Å². The Kier molecular flexibility index (Phi) is 5.90. The van der Waals surface area contributed by atoms with Crippen molar-refractivity contribution in [2.24, 2.45) is 5.84 Å². The molecular weight excluding hydrogens is 275 g/mol. The van der Waals surface area contributed by atoms with E-state index >= 15 is 0 Å². The average Bonchev–Trinajstić information content (AvgIpc) is 2.29. The predicted octanol–water partition coefficient (Wildman–Crippen LogP) is 2.52. The van der Waals surface area contributed by atoms with Crippen LogP contribution in [0.3, 0.4) is 0 Å². The van der Waals surface area contributed by atoms with E-state index < -0.39 is 0 Å². The minimum atomic E-state index is -0.261. The van der Waals surface area contributed by atoms with Gasteiger partial charge in [0.15, 0.2) is 0 Å². The zero-order valence-electron chi connectivity index (χ0n) is 9.17. The number of ether oxygens (including phenoxy) is 1. The molecule has 0 aromatic heterocycles. The molecule has 0 radical (unpaired) electrons. The lowest BCUT2D eigenvalue weighted by Crippen LogP contribution is -2.29. The normalized spacial score (nSPS) is 12.8. The molecule has 0 spiro atoms. The second-order valence-electron chi connectivity index (χ2n) is 3.50. The summed E-state index contributed by atoms with van der Waals surface area (Å²) in [6.07, 6.45) is 1.56. The number of hydrazine groups is 1. The van der Waals surface area contributed by atoms with Crippen molar-refractivity contribution >= 4 is 15.9 Å². The van der Waals surface area contributed by atoms with E-state index in [4.69, 9.17) is 10.6 Å². The van der Waals surface area contributed by atoms with Crippen molar-refractivity contribution < 1.29 is 9.13 Å². The van der Waals surface area contributed by atoms with Crippen LogP contribution in [0.2, 0.25) is 0 Å². The monoisotopic (exact) mass is 290 g/mol. The highest BCUT2D eigenvalue weighted by Crippen LogP contribution is 2.25. The van der Waals surface area contributed by atoms with Gasteiger partial charge in [0.05, 0.1) is 4.47 Å². The zero-order chi connectivity index (χ0) is 12.0. The third-order valence-corrected chi connectivity index (χ3v) is 3.01. The average molecular weight is 291 g/mol. The zero-order valence-corrected chi connectivity index (χ0v) is 10.8. The summed E-state index contributed by atoms with van der Waals surface area (Å²) in [5.41, 5.74) is 3.21. The van der Waals surface area contributed by atoms with Gasteiger partial charge in [-0.2, -0.15) is 0 Å². The first-order valence-corrected chi connectivity index (χ1v) is 5.89. The molecule has 90 valence electrons. The first kappa shape index (κ1) is 13.6. The Hall–Kier alpha value is -0.490. The maximum Gasteiger partial charge on any atom is 0.142 e. The van der Waals surface area contributed by atoms with E-state index in [1.807, 2.05) is 0 Å². The standard InChI is InChI=1S/C11H16BrFN2O/c1-16-7-3-6-10(15-14)8-4-2-5-9(12)11(8)13/h2,4-5,10,15H,3,6-7,14H2,1H3. The Balaban J connectivity index is 2.74. The molecule has 1 atom stereocenters. The molecule has 0 aliphatic heterocycles. The van der Waals surface area contributed by atoms with Gasteiger partial charge in [-0.25, -0.2) is 4.39 Å². The molecule has 1 aromatic carbocycles. The molecule has 16 heavy (non-hydrogen) atoms. The smallest absolute Gasteiger partial charge is 0.142 e. The fourth-order valence-electron chi connectivity index (χ4n) is 1.55. The molecule has 3 N–H and O–H groups in total. The van der Waals surface area contributed by atoms with Crippen LogP contribution in [-0.2, 0) is 4.74 Å². The Labute approximate surface area is 103 Å². The summed E-state index contributed by atoms with van der Waals surface area (Å²) in [6.45, 7) is 0.647. The van der Waals surface area contributed by atoms with Crippen LogP contribution in [0.15, 0.2) is 22.7 Å². The molecule has 0 heterocycles. The van der Waals surface area contributed by atoms with Gasteiger partial charge >= 0.3 is 0 Å². The molecule has 5 heteroatoms. The van der Waals surface area contributed by atoms with Gasteiger partial charge in [-0.15, -0.1) is 0 Å². The Morgan fingerprint density at radius 2 is 2.31 bits per heavy atom. The van der Waals surface area contributed by atoms with Crippen molar-refractivity contribution in [1.82, 2.24) is 5.43 Å². The summed E-state index contributed by atoms with van der Waals surface area (Å²) in [4.78, 5) is 0. The van der Waals surface area contributed by atoms with Gasteiger partial charge in [0.25, 0.3) is 0 Å². The topological polar surface area (TPSA) is 47.3 Å². The molecule has 0 saturated carbocycles. The molecular formula is C11H16BrFN2O. The Bertz CT molecular complexity index is 336. The van der Waals surface area contributed by atoms with Crippen molar-refractivity contribution in [3.63, 3.8) is 0 Å². The summed E-state index contributed by atoms with van der Waals surface area (Å²) in [5, 5.41) is 0. The molecule has 0 saturated heterocycles. The summed E-state index contributed by atoms with van der Waals surface area (Å²) < 4.78 is 19.2. The highest BCUT2D eigenvalue weighted by atomic mass is 79.9. The maximum atomic E-state index is 13.8. The van der Waals surface area contributed by atoms with Crippen LogP contribution in [0.4, 0.5) is 4.39 Å². The molecule has 0 fully saturated rings. The third kappa shape index (κ3) is 3.52. The number of methoxy groups -OCH3 is 1. The van der Waals surface area contributed by atoms with E-state index in [2.05, 4.69) is 21.4 Å². The summed E-state index contributed by atoms with van der Waals surface area (Å²) in [6, 6.07) is 5.01. The largest absolute Gasteiger partial charge is 0.385 e. The van der Waals surface area contributed by atoms with Crippen molar-refractivity contribution in [1.29, 1.82) is 0 Å². The molecule has 0 aliphatic carbocycles. The van der Waals surface area contributed by atoms with E-state index in [1.54, 1.807) is 25.3 Å². The lowest BCUT2D eigenvalue weighted by atomic mass is 10.0. The molecule has 1 unspecified atom stereocenters. The van der Waals surface area contributed by atoms with Gasteiger partial charge in [0.1, 0.15) is 5.82 Å². The number of hydrogen-bond donors (Lipinski definition) is 2. The fraction of sp³-hybridized carbons (Fsp3) is 0.455. The van der Waals surface area contributed by atoms with E-state index in [0.29, 0.717) is 16.6 Å². The molecule has 1 aromatic rings. The van der Waals surface area contributed by atoms with Crippen LogP contribution in [0.1, 0.15) is 24.4 Å². The van der Waals surface area contributed by atoms with E-state index in [9.17, 15) is 4.39 Å². The van der Waals surface area contributed by atoms with Crippen molar-refractivity contribution in [3.8, 4) is 0 Å². The van der Waals surface area contributed by atoms with Crippen molar-refractivity contribution in [2.75, 3.05) is 13.7 Å². The minimum absolute atomic E-state index is 0.187. The SMILES string of the molecule is COCCCC(NN)c1cccc(Br)c1F. The van der Waals surface area contributed by atoms with Crippen molar-refractivity contribution in [2.45, 2.75) is 18.9 Å². The van der Waals surface area contributed by atoms with Crippen LogP contribution in [0.5, 0.6) is 0 Å². The summed E-state index contributed by atoms with van der Waals surface area (Å²) in [7, 11) is 1.64. The van der Waals surface area contributed by atoms with E-state index in [1.165, 1.54) is 0 Å². The number of nitrogens with one attached hydrogen (secondary N) is 1. The van der Waals surface area contributed by atoms with E-state index in [-0.39, 0.29) is 11.9 Å². The van der Waals surface area contributed by atoms with Gasteiger partial charge in [0.2, 0.25) is 0 Å². The molecule has 0 amide bonds. The number of rotatable bonds is 6. The van der Waals surface area contributed by atoms with Crippen LogP contribution in [0.25, 0.3) is 0 Å². The fourth-order valence-corrected chi connectivity index (χ4v) is 1.93. The molecule has 1 rings (SSSR count). The van der Waals surface area contributed by atoms with E-state index in [0.717, 1.165) is 12.8 Å². The van der Waals surface area contributed by atoms with Crippen LogP contribution >= 0.6 is 15.9 Å². The lowest BCUT2D eigenvalue weighted by molar-refractivity contribution is 0.188. The van der Waals surface area contributed by atoms with Gasteiger partial charge in [-0.1, -0.05) is 12.1 Å².